The molecule has 0 atom stereocenters. The molecule has 102 valence electrons. The summed E-state index contributed by atoms with van der Waals surface area (Å²) in [5.74, 6) is -0.405. The van der Waals surface area contributed by atoms with E-state index in [1.54, 1.807) is 25.2 Å². The highest BCUT2D eigenvalue weighted by molar-refractivity contribution is 6.30. The van der Waals surface area contributed by atoms with E-state index in [-0.39, 0.29) is 5.56 Å². The van der Waals surface area contributed by atoms with E-state index in [1.807, 2.05) is 0 Å². The molecule has 0 saturated heterocycles. The Hall–Kier alpha value is -2.00. The van der Waals surface area contributed by atoms with Crippen LogP contribution in [0.25, 0.3) is 5.70 Å². The van der Waals surface area contributed by atoms with E-state index in [0.717, 1.165) is 5.57 Å². The maximum absolute atomic E-state index is 13.3. The van der Waals surface area contributed by atoms with Crippen molar-refractivity contribution in [2.45, 2.75) is 6.92 Å². The van der Waals surface area contributed by atoms with Gasteiger partial charge in [0.25, 0.3) is 0 Å². The molecule has 0 aliphatic rings. The van der Waals surface area contributed by atoms with Crippen molar-refractivity contribution in [1.82, 2.24) is 0 Å². The summed E-state index contributed by atoms with van der Waals surface area (Å²) in [6.45, 7) is 8.50. The van der Waals surface area contributed by atoms with Gasteiger partial charge in [-0.2, -0.15) is 0 Å². The number of hydrogen-bond acceptors (Lipinski definition) is 2. The largest absolute Gasteiger partial charge is 0.404 e. The van der Waals surface area contributed by atoms with Crippen LogP contribution in [0.2, 0.25) is 5.02 Å². The zero-order valence-corrected chi connectivity index (χ0v) is 11.6. The molecule has 0 radical (unpaired) electrons. The van der Waals surface area contributed by atoms with Gasteiger partial charge >= 0.3 is 0 Å². The standard InChI is InChI=1S/C11H12ClFN2.C4H6/c1-7(6-14)4-11(15)9-5-8(12)2-3-10(9)13;1-3-4-2/h2-6H,14-15H2,1H3;3-4H,1-2H2/b7-6-,11-4-;. The first kappa shape index (κ1) is 17.0. The van der Waals surface area contributed by atoms with E-state index in [0.29, 0.717) is 10.7 Å². The quantitative estimate of drug-likeness (QED) is 0.822. The zero-order chi connectivity index (χ0) is 14.8. The fraction of sp³-hybridized carbons (Fsp3) is 0.0667. The van der Waals surface area contributed by atoms with Gasteiger partial charge < -0.3 is 11.5 Å². The normalized spacial score (nSPS) is 11.3. The molecule has 2 nitrogen and oxygen atoms in total. The first-order valence-corrected chi connectivity index (χ1v) is 5.88. The number of hydrogen-bond donors (Lipinski definition) is 2. The van der Waals surface area contributed by atoms with Crippen molar-refractivity contribution in [3.63, 3.8) is 0 Å². The van der Waals surface area contributed by atoms with Crippen molar-refractivity contribution in [1.29, 1.82) is 0 Å². The summed E-state index contributed by atoms with van der Waals surface area (Å²) in [6, 6.07) is 4.23. The third kappa shape index (κ3) is 6.48. The highest BCUT2D eigenvalue weighted by atomic mass is 35.5. The van der Waals surface area contributed by atoms with Crippen LogP contribution < -0.4 is 11.5 Å². The third-order valence-corrected chi connectivity index (χ3v) is 2.29. The summed E-state index contributed by atoms with van der Waals surface area (Å²) in [7, 11) is 0. The average Bonchev–Trinajstić information content (AvgIpc) is 2.41. The summed E-state index contributed by atoms with van der Waals surface area (Å²) in [5, 5.41) is 0.442. The number of benzene rings is 1. The molecule has 0 fully saturated rings. The number of nitrogens with two attached hydrogens (primary N) is 2. The van der Waals surface area contributed by atoms with E-state index in [2.05, 4.69) is 13.2 Å². The van der Waals surface area contributed by atoms with Gasteiger partial charge in [-0.15, -0.1) is 0 Å². The van der Waals surface area contributed by atoms with Crippen LogP contribution in [0.15, 0.2) is 61.4 Å². The predicted molar refractivity (Wildman–Crippen MR) is 81.9 cm³/mol. The Kier molecular flexibility index (Phi) is 8.05. The monoisotopic (exact) mass is 280 g/mol. The van der Waals surface area contributed by atoms with E-state index < -0.39 is 5.82 Å². The first-order valence-electron chi connectivity index (χ1n) is 5.50. The molecule has 4 N–H and O–H groups in total. The molecule has 0 bridgehead atoms. The molecule has 0 unspecified atom stereocenters. The van der Waals surface area contributed by atoms with Crippen LogP contribution in [0.4, 0.5) is 4.39 Å². The van der Waals surface area contributed by atoms with E-state index >= 15 is 0 Å². The average molecular weight is 281 g/mol. The Bertz CT molecular complexity index is 499. The summed E-state index contributed by atoms with van der Waals surface area (Å²) in [6.07, 6.45) is 6.27. The smallest absolute Gasteiger partial charge is 0.132 e. The minimum absolute atomic E-state index is 0.281. The van der Waals surface area contributed by atoms with Crippen molar-refractivity contribution in [2.24, 2.45) is 11.5 Å². The third-order valence-electron chi connectivity index (χ3n) is 2.05. The van der Waals surface area contributed by atoms with Crippen molar-refractivity contribution in [3.05, 3.63) is 77.8 Å². The maximum atomic E-state index is 13.3. The molecule has 1 rings (SSSR count). The Morgan fingerprint density at radius 2 is 1.89 bits per heavy atom. The Balaban J connectivity index is 0.000000711. The van der Waals surface area contributed by atoms with Crippen LogP contribution in [0.5, 0.6) is 0 Å². The fourth-order valence-corrected chi connectivity index (χ4v) is 1.26. The lowest BCUT2D eigenvalue weighted by molar-refractivity contribution is 0.624. The van der Waals surface area contributed by atoms with Gasteiger partial charge in [-0.25, -0.2) is 4.39 Å². The molecule has 0 saturated carbocycles. The van der Waals surface area contributed by atoms with Gasteiger partial charge in [-0.3, -0.25) is 0 Å². The predicted octanol–water partition coefficient (Wildman–Crippen LogP) is 4.00. The zero-order valence-electron chi connectivity index (χ0n) is 10.9. The molecule has 0 aliphatic carbocycles. The lowest BCUT2D eigenvalue weighted by atomic mass is 10.1. The van der Waals surface area contributed by atoms with Crippen LogP contribution in [0.1, 0.15) is 12.5 Å². The van der Waals surface area contributed by atoms with Crippen molar-refractivity contribution in [3.8, 4) is 0 Å². The van der Waals surface area contributed by atoms with Crippen LogP contribution in [0, 0.1) is 5.82 Å². The van der Waals surface area contributed by atoms with Gasteiger partial charge in [0.2, 0.25) is 0 Å². The Labute approximate surface area is 118 Å². The second-order valence-corrected chi connectivity index (χ2v) is 4.04. The Morgan fingerprint density at radius 1 is 1.32 bits per heavy atom. The lowest BCUT2D eigenvalue weighted by Crippen LogP contribution is -2.00. The second kappa shape index (κ2) is 9.00. The first-order chi connectivity index (χ1) is 8.96. The van der Waals surface area contributed by atoms with Gasteiger partial charge in [0.15, 0.2) is 0 Å². The molecule has 0 aromatic heterocycles. The molecule has 0 aliphatic heterocycles. The van der Waals surface area contributed by atoms with Crippen LogP contribution in [0.3, 0.4) is 0 Å². The van der Waals surface area contributed by atoms with Crippen molar-refractivity contribution >= 4 is 17.3 Å². The highest BCUT2D eigenvalue weighted by Gasteiger charge is 2.05. The summed E-state index contributed by atoms with van der Waals surface area (Å²) >= 11 is 5.74. The van der Waals surface area contributed by atoms with E-state index in [1.165, 1.54) is 24.4 Å². The topological polar surface area (TPSA) is 52.0 Å². The van der Waals surface area contributed by atoms with Crippen LogP contribution in [-0.4, -0.2) is 0 Å². The van der Waals surface area contributed by atoms with E-state index in [9.17, 15) is 4.39 Å². The number of halogens is 2. The van der Waals surface area contributed by atoms with Crippen molar-refractivity contribution < 1.29 is 4.39 Å². The molecule has 1 aromatic rings. The van der Waals surface area contributed by atoms with Gasteiger partial charge in [0.05, 0.1) is 0 Å². The fourth-order valence-electron chi connectivity index (χ4n) is 1.09. The highest BCUT2D eigenvalue weighted by Crippen LogP contribution is 2.20. The van der Waals surface area contributed by atoms with Crippen molar-refractivity contribution in [2.75, 3.05) is 0 Å². The second-order valence-electron chi connectivity index (χ2n) is 3.61. The molecule has 4 heteroatoms. The maximum Gasteiger partial charge on any atom is 0.132 e. The molecule has 0 heterocycles. The van der Waals surface area contributed by atoms with Gasteiger partial charge in [0.1, 0.15) is 5.82 Å². The molecule has 0 amide bonds. The van der Waals surface area contributed by atoms with Crippen LogP contribution >= 0.6 is 11.6 Å². The minimum Gasteiger partial charge on any atom is -0.404 e. The van der Waals surface area contributed by atoms with E-state index in [4.69, 9.17) is 23.1 Å². The number of rotatable bonds is 3. The Morgan fingerprint density at radius 3 is 2.37 bits per heavy atom. The molecular formula is C15H18ClFN2. The molecule has 19 heavy (non-hydrogen) atoms. The lowest BCUT2D eigenvalue weighted by Gasteiger charge is -2.04. The SMILES string of the molecule is C=CC=C.CC(=C/N)/C=C(\N)c1cc(Cl)ccc1F. The minimum atomic E-state index is -0.405. The number of allylic oxidation sites excluding steroid dienone is 4. The summed E-state index contributed by atoms with van der Waals surface area (Å²) in [5.41, 5.74) is 12.3. The summed E-state index contributed by atoms with van der Waals surface area (Å²) < 4.78 is 13.3. The van der Waals surface area contributed by atoms with Gasteiger partial charge in [-0.1, -0.05) is 36.9 Å². The van der Waals surface area contributed by atoms with Crippen LogP contribution in [-0.2, 0) is 0 Å². The molecule has 0 spiro atoms. The van der Waals surface area contributed by atoms with Gasteiger partial charge in [-0.05, 0) is 43.0 Å². The molecular weight excluding hydrogens is 263 g/mol. The summed E-state index contributed by atoms with van der Waals surface area (Å²) in [4.78, 5) is 0. The van der Waals surface area contributed by atoms with Gasteiger partial charge in [0, 0.05) is 16.3 Å². The molecule has 1 aromatic carbocycles.